The number of hydrogen-bond acceptors (Lipinski definition) is 3. The lowest BCUT2D eigenvalue weighted by Crippen LogP contribution is -2.24. The Labute approximate surface area is 109 Å². The van der Waals surface area contributed by atoms with Crippen molar-refractivity contribution in [2.24, 2.45) is 5.73 Å². The summed E-state index contributed by atoms with van der Waals surface area (Å²) in [6.07, 6.45) is 0.819. The third-order valence-corrected chi connectivity index (χ3v) is 4.46. The normalized spacial score (nSPS) is 16.5. The fraction of sp³-hybridized carbons (Fsp3) is 0.571. The van der Waals surface area contributed by atoms with Gasteiger partial charge in [0.1, 0.15) is 0 Å². The zero-order chi connectivity index (χ0) is 12.8. The number of nitrogens with two attached hydrogens (primary N) is 1. The summed E-state index contributed by atoms with van der Waals surface area (Å²) in [5, 5.41) is 9.69. The van der Waals surface area contributed by atoms with E-state index in [9.17, 15) is 0 Å². The molecule has 0 amide bonds. The van der Waals surface area contributed by atoms with Crippen molar-refractivity contribution in [2.45, 2.75) is 43.7 Å². The van der Waals surface area contributed by atoms with Crippen molar-refractivity contribution in [2.75, 3.05) is 6.61 Å². The van der Waals surface area contributed by atoms with E-state index in [-0.39, 0.29) is 12.6 Å². The number of aliphatic hydroxyl groups is 1. The van der Waals surface area contributed by atoms with Gasteiger partial charge in [0, 0.05) is 23.1 Å². The summed E-state index contributed by atoms with van der Waals surface area (Å²) < 4.78 is 0. The Morgan fingerprint density at radius 1 is 1.35 bits per heavy atom. The molecule has 3 N–H and O–H groups in total. The van der Waals surface area contributed by atoms with Gasteiger partial charge in [0.15, 0.2) is 0 Å². The van der Waals surface area contributed by atoms with Crippen molar-refractivity contribution in [1.82, 2.24) is 0 Å². The zero-order valence-electron chi connectivity index (χ0n) is 10.9. The number of rotatable bonds is 6. The Bertz CT molecular complexity index is 341. The van der Waals surface area contributed by atoms with Gasteiger partial charge in [-0.25, -0.2) is 0 Å². The Morgan fingerprint density at radius 3 is 2.59 bits per heavy atom. The van der Waals surface area contributed by atoms with Crippen LogP contribution in [0.5, 0.6) is 0 Å². The van der Waals surface area contributed by atoms with E-state index < -0.39 is 0 Å². The molecule has 0 aliphatic rings. The molecular weight excluding hydrogens is 230 g/mol. The van der Waals surface area contributed by atoms with Gasteiger partial charge in [-0.3, -0.25) is 0 Å². The van der Waals surface area contributed by atoms with Crippen LogP contribution in [0.4, 0.5) is 0 Å². The van der Waals surface area contributed by atoms with E-state index in [0.29, 0.717) is 10.5 Å². The summed E-state index contributed by atoms with van der Waals surface area (Å²) in [6, 6.07) is 8.63. The fourth-order valence-corrected chi connectivity index (χ4v) is 3.15. The third-order valence-electron chi connectivity index (χ3n) is 2.76. The van der Waals surface area contributed by atoms with Crippen LogP contribution in [0.3, 0.4) is 0 Å². The van der Waals surface area contributed by atoms with E-state index in [0.717, 1.165) is 6.42 Å². The van der Waals surface area contributed by atoms with Crippen LogP contribution in [-0.4, -0.2) is 23.0 Å². The lowest BCUT2D eigenvalue weighted by Gasteiger charge is -2.24. The SMILES string of the molecule is Cc1cccc(C(SC(C)CCO)C(C)N)c1. The Hall–Kier alpha value is -0.510. The standard InChI is InChI=1S/C14H23NOS/c1-10-5-4-6-13(9-10)14(12(3)15)17-11(2)7-8-16/h4-6,9,11-12,14,16H,7-8,15H2,1-3H3. The minimum absolute atomic E-state index is 0.114. The third kappa shape index (κ3) is 4.70. The van der Waals surface area contributed by atoms with E-state index in [1.807, 2.05) is 18.7 Å². The molecule has 0 heterocycles. The first-order valence-electron chi connectivity index (χ1n) is 6.13. The molecule has 1 aromatic carbocycles. The minimum atomic E-state index is 0.114. The van der Waals surface area contributed by atoms with E-state index in [2.05, 4.69) is 38.1 Å². The summed E-state index contributed by atoms with van der Waals surface area (Å²) in [7, 11) is 0. The lowest BCUT2D eigenvalue weighted by molar-refractivity contribution is 0.288. The van der Waals surface area contributed by atoms with Crippen LogP contribution >= 0.6 is 11.8 Å². The number of aryl methyl sites for hydroxylation is 1. The highest BCUT2D eigenvalue weighted by Gasteiger charge is 2.19. The average molecular weight is 253 g/mol. The molecule has 0 spiro atoms. The van der Waals surface area contributed by atoms with Crippen molar-refractivity contribution in [1.29, 1.82) is 0 Å². The fourth-order valence-electron chi connectivity index (χ4n) is 1.85. The first-order chi connectivity index (χ1) is 8.04. The molecule has 96 valence electrons. The molecule has 3 unspecified atom stereocenters. The maximum absolute atomic E-state index is 8.96. The molecule has 3 atom stereocenters. The van der Waals surface area contributed by atoms with Gasteiger partial charge >= 0.3 is 0 Å². The van der Waals surface area contributed by atoms with Gasteiger partial charge < -0.3 is 10.8 Å². The highest BCUT2D eigenvalue weighted by atomic mass is 32.2. The molecule has 0 aliphatic heterocycles. The molecule has 0 saturated heterocycles. The Morgan fingerprint density at radius 2 is 2.06 bits per heavy atom. The van der Waals surface area contributed by atoms with Crippen molar-refractivity contribution in [3.8, 4) is 0 Å². The van der Waals surface area contributed by atoms with Crippen LogP contribution in [0.1, 0.15) is 36.6 Å². The molecule has 1 rings (SSSR count). The number of benzene rings is 1. The molecule has 2 nitrogen and oxygen atoms in total. The van der Waals surface area contributed by atoms with Gasteiger partial charge in [-0.05, 0) is 25.8 Å². The number of hydrogen-bond donors (Lipinski definition) is 2. The lowest BCUT2D eigenvalue weighted by atomic mass is 10.0. The summed E-state index contributed by atoms with van der Waals surface area (Å²) in [5.41, 5.74) is 8.63. The Kier molecular flexibility index (Phi) is 6.03. The van der Waals surface area contributed by atoms with Gasteiger partial charge in [0.05, 0.1) is 0 Å². The van der Waals surface area contributed by atoms with E-state index >= 15 is 0 Å². The zero-order valence-corrected chi connectivity index (χ0v) is 11.7. The minimum Gasteiger partial charge on any atom is -0.396 e. The molecule has 0 aliphatic carbocycles. The number of aliphatic hydroxyl groups excluding tert-OH is 1. The summed E-state index contributed by atoms with van der Waals surface area (Å²) in [4.78, 5) is 0. The van der Waals surface area contributed by atoms with Crippen LogP contribution in [0.15, 0.2) is 24.3 Å². The second-order valence-electron chi connectivity index (χ2n) is 4.65. The van der Waals surface area contributed by atoms with Crippen LogP contribution in [0.25, 0.3) is 0 Å². The van der Waals surface area contributed by atoms with Gasteiger partial charge in [0.2, 0.25) is 0 Å². The van der Waals surface area contributed by atoms with Gasteiger partial charge in [-0.2, -0.15) is 0 Å². The second-order valence-corrected chi connectivity index (χ2v) is 6.24. The first-order valence-corrected chi connectivity index (χ1v) is 7.07. The summed E-state index contributed by atoms with van der Waals surface area (Å²) >= 11 is 1.85. The van der Waals surface area contributed by atoms with Gasteiger partial charge in [-0.1, -0.05) is 36.8 Å². The molecule has 0 bridgehead atoms. The predicted octanol–water partition coefficient (Wildman–Crippen LogP) is 2.89. The van der Waals surface area contributed by atoms with Gasteiger partial charge in [-0.15, -0.1) is 11.8 Å². The van der Waals surface area contributed by atoms with E-state index in [1.165, 1.54) is 11.1 Å². The average Bonchev–Trinajstić information content (AvgIpc) is 2.26. The molecule has 0 aromatic heterocycles. The molecule has 0 fully saturated rings. The first kappa shape index (κ1) is 14.6. The van der Waals surface area contributed by atoms with Crippen LogP contribution in [0.2, 0.25) is 0 Å². The summed E-state index contributed by atoms with van der Waals surface area (Å²) in [6.45, 7) is 6.54. The van der Waals surface area contributed by atoms with Gasteiger partial charge in [0.25, 0.3) is 0 Å². The highest BCUT2D eigenvalue weighted by molar-refractivity contribution is 8.00. The molecule has 0 radical (unpaired) electrons. The topological polar surface area (TPSA) is 46.2 Å². The molecule has 17 heavy (non-hydrogen) atoms. The van der Waals surface area contributed by atoms with E-state index in [1.54, 1.807) is 0 Å². The van der Waals surface area contributed by atoms with Crippen molar-refractivity contribution >= 4 is 11.8 Å². The largest absolute Gasteiger partial charge is 0.396 e. The van der Waals surface area contributed by atoms with Crippen LogP contribution < -0.4 is 5.73 Å². The number of thioether (sulfide) groups is 1. The smallest absolute Gasteiger partial charge is 0.0448 e. The molecule has 0 saturated carbocycles. The maximum atomic E-state index is 8.96. The van der Waals surface area contributed by atoms with Crippen LogP contribution in [-0.2, 0) is 0 Å². The maximum Gasteiger partial charge on any atom is 0.0448 e. The molecule has 3 heteroatoms. The molecular formula is C14H23NOS. The predicted molar refractivity (Wildman–Crippen MR) is 76.3 cm³/mol. The monoisotopic (exact) mass is 253 g/mol. The Balaban J connectivity index is 2.79. The van der Waals surface area contributed by atoms with Crippen molar-refractivity contribution < 1.29 is 5.11 Å². The highest BCUT2D eigenvalue weighted by Crippen LogP contribution is 2.35. The van der Waals surface area contributed by atoms with Crippen molar-refractivity contribution in [3.63, 3.8) is 0 Å². The summed E-state index contributed by atoms with van der Waals surface area (Å²) in [5.74, 6) is 0. The van der Waals surface area contributed by atoms with Crippen molar-refractivity contribution in [3.05, 3.63) is 35.4 Å². The second kappa shape index (κ2) is 7.04. The quantitative estimate of drug-likeness (QED) is 0.819. The van der Waals surface area contributed by atoms with Crippen LogP contribution in [0, 0.1) is 6.92 Å². The molecule has 1 aromatic rings. The van der Waals surface area contributed by atoms with E-state index in [4.69, 9.17) is 10.8 Å².